The van der Waals surface area contributed by atoms with Crippen molar-refractivity contribution in [2.75, 3.05) is 13.7 Å². The first-order valence-corrected chi connectivity index (χ1v) is 7.02. The zero-order valence-corrected chi connectivity index (χ0v) is 11.5. The molecular formula is C12H19N3O2S. The molecule has 1 aromatic rings. The Bertz CT molecular complexity index is 408. The van der Waals surface area contributed by atoms with Crippen molar-refractivity contribution in [1.82, 2.24) is 15.6 Å². The summed E-state index contributed by atoms with van der Waals surface area (Å²) in [6.45, 7) is 3.36. The van der Waals surface area contributed by atoms with Gasteiger partial charge in [0.05, 0.1) is 18.7 Å². The fourth-order valence-corrected chi connectivity index (χ4v) is 2.76. The summed E-state index contributed by atoms with van der Waals surface area (Å²) in [5, 5.41) is 7.03. The topological polar surface area (TPSA) is 63.2 Å². The van der Waals surface area contributed by atoms with Crippen LogP contribution in [0.15, 0.2) is 6.20 Å². The van der Waals surface area contributed by atoms with E-state index in [0.717, 1.165) is 24.4 Å². The maximum atomic E-state index is 11.9. The molecule has 0 aromatic carbocycles. The quantitative estimate of drug-likeness (QED) is 0.826. The molecule has 2 unspecified atom stereocenters. The van der Waals surface area contributed by atoms with Crippen LogP contribution in [-0.2, 0) is 22.5 Å². The lowest BCUT2D eigenvalue weighted by molar-refractivity contribution is -0.123. The van der Waals surface area contributed by atoms with E-state index in [9.17, 15) is 4.79 Å². The number of ether oxygens (including phenoxy) is 1. The highest BCUT2D eigenvalue weighted by atomic mass is 32.1. The van der Waals surface area contributed by atoms with Crippen LogP contribution in [0.4, 0.5) is 0 Å². The van der Waals surface area contributed by atoms with Gasteiger partial charge in [-0.2, -0.15) is 0 Å². The van der Waals surface area contributed by atoms with E-state index in [1.807, 2.05) is 6.20 Å². The number of hydrogen-bond donors (Lipinski definition) is 2. The Balaban J connectivity index is 1.78. The van der Waals surface area contributed by atoms with Gasteiger partial charge in [-0.1, -0.05) is 6.92 Å². The van der Waals surface area contributed by atoms with Crippen LogP contribution in [0, 0.1) is 0 Å². The zero-order valence-electron chi connectivity index (χ0n) is 10.7. The van der Waals surface area contributed by atoms with Crippen LogP contribution in [0.25, 0.3) is 0 Å². The fourth-order valence-electron chi connectivity index (χ4n) is 1.96. The van der Waals surface area contributed by atoms with Crippen LogP contribution in [-0.4, -0.2) is 36.7 Å². The van der Waals surface area contributed by atoms with Gasteiger partial charge in [-0.05, 0) is 12.8 Å². The maximum Gasteiger partial charge on any atom is 0.237 e. The summed E-state index contributed by atoms with van der Waals surface area (Å²) in [6, 6.07) is -0.138. The van der Waals surface area contributed by atoms with Gasteiger partial charge < -0.3 is 15.4 Å². The van der Waals surface area contributed by atoms with Gasteiger partial charge in [0.2, 0.25) is 5.91 Å². The van der Waals surface area contributed by atoms with Crippen molar-refractivity contribution in [3.63, 3.8) is 0 Å². The molecule has 18 heavy (non-hydrogen) atoms. The number of aromatic nitrogens is 1. The monoisotopic (exact) mass is 269 g/mol. The Kier molecular flexibility index (Phi) is 4.68. The third kappa shape index (κ3) is 3.28. The minimum atomic E-state index is -0.138. The van der Waals surface area contributed by atoms with E-state index in [2.05, 4.69) is 22.5 Å². The van der Waals surface area contributed by atoms with Crippen molar-refractivity contribution >= 4 is 17.2 Å². The molecule has 1 aromatic heterocycles. The molecule has 1 saturated heterocycles. The van der Waals surface area contributed by atoms with Gasteiger partial charge in [0, 0.05) is 24.7 Å². The largest absolute Gasteiger partial charge is 0.380 e. The molecule has 100 valence electrons. The van der Waals surface area contributed by atoms with E-state index < -0.39 is 0 Å². The number of carbonyl (C=O) groups is 1. The lowest BCUT2D eigenvalue weighted by atomic mass is 10.2. The van der Waals surface area contributed by atoms with E-state index in [-0.39, 0.29) is 18.1 Å². The van der Waals surface area contributed by atoms with Gasteiger partial charge in [0.1, 0.15) is 5.01 Å². The molecule has 1 fully saturated rings. The SMILES string of the molecule is CCc1cnc(CNC(=O)C2CC(OC)CN2)s1. The normalized spacial score (nSPS) is 23.2. The van der Waals surface area contributed by atoms with Gasteiger partial charge in [0.25, 0.3) is 0 Å². The molecule has 1 aliphatic rings. The van der Waals surface area contributed by atoms with Crippen LogP contribution in [0.5, 0.6) is 0 Å². The third-order valence-electron chi connectivity index (χ3n) is 3.10. The molecule has 6 heteroatoms. The zero-order chi connectivity index (χ0) is 13.0. The number of thiazole rings is 1. The summed E-state index contributed by atoms with van der Waals surface area (Å²) >= 11 is 1.65. The highest BCUT2D eigenvalue weighted by molar-refractivity contribution is 7.11. The number of aryl methyl sites for hydroxylation is 1. The molecule has 0 radical (unpaired) electrons. The predicted molar refractivity (Wildman–Crippen MR) is 70.5 cm³/mol. The molecule has 2 heterocycles. The van der Waals surface area contributed by atoms with Crippen molar-refractivity contribution in [1.29, 1.82) is 0 Å². The molecular weight excluding hydrogens is 250 g/mol. The van der Waals surface area contributed by atoms with Crippen LogP contribution >= 0.6 is 11.3 Å². The second kappa shape index (κ2) is 6.26. The molecule has 0 aliphatic carbocycles. The third-order valence-corrected chi connectivity index (χ3v) is 4.25. The summed E-state index contributed by atoms with van der Waals surface area (Å²) in [4.78, 5) is 17.4. The Morgan fingerprint density at radius 1 is 1.72 bits per heavy atom. The average molecular weight is 269 g/mol. The van der Waals surface area contributed by atoms with Gasteiger partial charge >= 0.3 is 0 Å². The molecule has 2 N–H and O–H groups in total. The summed E-state index contributed by atoms with van der Waals surface area (Å²) in [5.41, 5.74) is 0. The number of hydrogen-bond acceptors (Lipinski definition) is 5. The Morgan fingerprint density at radius 3 is 3.17 bits per heavy atom. The Hall–Kier alpha value is -0.980. The van der Waals surface area contributed by atoms with Crippen LogP contribution < -0.4 is 10.6 Å². The van der Waals surface area contributed by atoms with Crippen molar-refractivity contribution < 1.29 is 9.53 Å². The number of amides is 1. The molecule has 2 atom stereocenters. The smallest absolute Gasteiger partial charge is 0.237 e. The van der Waals surface area contributed by atoms with E-state index in [0.29, 0.717) is 6.54 Å². The highest BCUT2D eigenvalue weighted by Crippen LogP contribution is 2.13. The highest BCUT2D eigenvalue weighted by Gasteiger charge is 2.29. The summed E-state index contributed by atoms with van der Waals surface area (Å²) in [5.74, 6) is 0.0304. The summed E-state index contributed by atoms with van der Waals surface area (Å²) < 4.78 is 5.22. The van der Waals surface area contributed by atoms with Gasteiger partial charge in [0.15, 0.2) is 0 Å². The van der Waals surface area contributed by atoms with E-state index in [1.165, 1.54) is 4.88 Å². The molecule has 2 rings (SSSR count). The molecule has 0 spiro atoms. The predicted octanol–water partition coefficient (Wildman–Crippen LogP) is 0.699. The minimum Gasteiger partial charge on any atom is -0.380 e. The van der Waals surface area contributed by atoms with Gasteiger partial charge in [-0.3, -0.25) is 4.79 Å². The first-order chi connectivity index (χ1) is 8.72. The standard InChI is InChI=1S/C12H19N3O2S/c1-3-9-6-14-11(18-9)7-15-12(16)10-4-8(17-2)5-13-10/h6,8,10,13H,3-5,7H2,1-2H3,(H,15,16). The second-order valence-electron chi connectivity index (χ2n) is 4.35. The molecule has 0 saturated carbocycles. The number of methoxy groups -OCH3 is 1. The van der Waals surface area contributed by atoms with E-state index in [4.69, 9.17) is 4.74 Å². The lowest BCUT2D eigenvalue weighted by Crippen LogP contribution is -2.39. The van der Waals surface area contributed by atoms with Gasteiger partial charge in [-0.15, -0.1) is 11.3 Å². The van der Waals surface area contributed by atoms with Gasteiger partial charge in [-0.25, -0.2) is 4.98 Å². The first-order valence-electron chi connectivity index (χ1n) is 6.20. The van der Waals surface area contributed by atoms with Crippen molar-refractivity contribution in [2.24, 2.45) is 0 Å². The lowest BCUT2D eigenvalue weighted by Gasteiger charge is -2.10. The average Bonchev–Trinajstić information content (AvgIpc) is 3.04. The van der Waals surface area contributed by atoms with Crippen LogP contribution in [0.1, 0.15) is 23.2 Å². The maximum absolute atomic E-state index is 11.9. The number of nitrogens with one attached hydrogen (secondary N) is 2. The minimum absolute atomic E-state index is 0.0304. The molecule has 5 nitrogen and oxygen atoms in total. The molecule has 1 aliphatic heterocycles. The first kappa shape index (κ1) is 13.5. The fraction of sp³-hybridized carbons (Fsp3) is 0.667. The van der Waals surface area contributed by atoms with E-state index >= 15 is 0 Å². The number of carbonyl (C=O) groups excluding carboxylic acids is 1. The van der Waals surface area contributed by atoms with Crippen molar-refractivity contribution in [3.05, 3.63) is 16.1 Å². The van der Waals surface area contributed by atoms with Crippen molar-refractivity contribution in [3.8, 4) is 0 Å². The van der Waals surface area contributed by atoms with Crippen LogP contribution in [0.2, 0.25) is 0 Å². The second-order valence-corrected chi connectivity index (χ2v) is 5.55. The van der Waals surface area contributed by atoms with E-state index in [1.54, 1.807) is 18.4 Å². The molecule has 0 bridgehead atoms. The Morgan fingerprint density at radius 2 is 2.56 bits per heavy atom. The Labute approximate surface area is 111 Å². The molecule has 1 amide bonds. The summed E-state index contributed by atoms with van der Waals surface area (Å²) in [7, 11) is 1.68. The van der Waals surface area contributed by atoms with Crippen molar-refractivity contribution in [2.45, 2.75) is 38.5 Å². The number of nitrogens with zero attached hydrogens (tertiary/aromatic N) is 1. The number of rotatable bonds is 5. The van der Waals surface area contributed by atoms with Crippen LogP contribution in [0.3, 0.4) is 0 Å². The summed E-state index contributed by atoms with van der Waals surface area (Å²) in [6.07, 6.45) is 3.75.